The van der Waals surface area contributed by atoms with Crippen molar-refractivity contribution in [2.24, 2.45) is 5.10 Å². The molecule has 1 aliphatic rings. The van der Waals surface area contributed by atoms with E-state index in [9.17, 15) is 9.90 Å². The maximum atomic E-state index is 12.2. The normalized spacial score (nSPS) is 13.9. The number of hydrogen-bond donors (Lipinski definition) is 2. The van der Waals surface area contributed by atoms with E-state index >= 15 is 0 Å². The lowest BCUT2D eigenvalue weighted by Gasteiger charge is -2.34. The van der Waals surface area contributed by atoms with Gasteiger partial charge in [0, 0.05) is 38.3 Å². The van der Waals surface area contributed by atoms with Crippen LogP contribution in [0.5, 0.6) is 5.75 Å². The van der Waals surface area contributed by atoms with Crippen LogP contribution in [0.15, 0.2) is 66.3 Å². The van der Waals surface area contributed by atoms with Crippen molar-refractivity contribution < 1.29 is 9.90 Å². The molecule has 1 fully saturated rings. The molecule has 6 nitrogen and oxygen atoms in total. The fourth-order valence-electron chi connectivity index (χ4n) is 3.39. The predicted molar refractivity (Wildman–Crippen MR) is 139 cm³/mol. The molecule has 2 aromatic rings. The van der Waals surface area contributed by atoms with Gasteiger partial charge in [0.05, 0.1) is 12.8 Å². The number of hydrazone groups is 1. The van der Waals surface area contributed by atoms with Crippen molar-refractivity contribution in [2.45, 2.75) is 40.7 Å². The highest BCUT2D eigenvalue weighted by atomic mass is 16.3. The Hall–Kier alpha value is -2.96. The quantitative estimate of drug-likeness (QED) is 0.353. The number of para-hydroxylation sites is 1. The molecule has 0 radical (unpaired) electrons. The second kappa shape index (κ2) is 16.6. The molecule has 0 saturated carbocycles. The second-order valence-corrected chi connectivity index (χ2v) is 7.18. The molecule has 1 amide bonds. The number of phenols is 1. The Labute approximate surface area is 199 Å². The molecule has 0 atom stereocenters. The van der Waals surface area contributed by atoms with Gasteiger partial charge in [0.15, 0.2) is 0 Å². The van der Waals surface area contributed by atoms with Crippen LogP contribution in [0.25, 0.3) is 0 Å². The third kappa shape index (κ3) is 10.0. The Bertz CT molecular complexity index is 844. The van der Waals surface area contributed by atoms with Crippen LogP contribution in [0, 0.1) is 0 Å². The van der Waals surface area contributed by atoms with Gasteiger partial charge in [-0.15, -0.1) is 6.58 Å². The second-order valence-electron chi connectivity index (χ2n) is 7.18. The molecule has 6 heteroatoms. The molecule has 0 spiro atoms. The van der Waals surface area contributed by atoms with Crippen LogP contribution in [0.3, 0.4) is 0 Å². The number of aromatic hydroxyl groups is 1. The van der Waals surface area contributed by atoms with Crippen molar-refractivity contribution in [1.29, 1.82) is 0 Å². The third-order valence-electron chi connectivity index (χ3n) is 4.99. The number of rotatable bonds is 8. The van der Waals surface area contributed by atoms with E-state index in [1.54, 1.807) is 12.1 Å². The zero-order valence-electron chi connectivity index (χ0n) is 20.6. The van der Waals surface area contributed by atoms with E-state index in [0.717, 1.165) is 38.3 Å². The summed E-state index contributed by atoms with van der Waals surface area (Å²) in [6, 6.07) is 15.9. The Kier molecular flexibility index (Phi) is 14.2. The van der Waals surface area contributed by atoms with E-state index in [-0.39, 0.29) is 11.7 Å². The van der Waals surface area contributed by atoms with Gasteiger partial charge in [0.25, 0.3) is 5.91 Å². The van der Waals surface area contributed by atoms with Crippen molar-refractivity contribution in [3.63, 3.8) is 0 Å². The number of phenolic OH excluding ortho intramolecular Hbond substituents is 1. The summed E-state index contributed by atoms with van der Waals surface area (Å²) in [6.45, 7) is 16.5. The Balaban J connectivity index is 0.00000129. The van der Waals surface area contributed by atoms with Gasteiger partial charge in [0.2, 0.25) is 0 Å². The van der Waals surface area contributed by atoms with Crippen LogP contribution in [-0.4, -0.2) is 59.8 Å². The van der Waals surface area contributed by atoms with Crippen molar-refractivity contribution in [3.8, 4) is 5.75 Å². The minimum absolute atomic E-state index is 0.153. The molecule has 0 unspecified atom stereocenters. The smallest absolute Gasteiger partial charge is 0.254 e. The maximum Gasteiger partial charge on any atom is 0.254 e. The van der Waals surface area contributed by atoms with Gasteiger partial charge in [-0.1, -0.05) is 76.2 Å². The minimum atomic E-state index is -0.153. The van der Waals surface area contributed by atoms with Gasteiger partial charge in [-0.05, 0) is 23.6 Å². The van der Waals surface area contributed by atoms with Crippen LogP contribution >= 0.6 is 0 Å². The van der Waals surface area contributed by atoms with Crippen LogP contribution in [-0.2, 0) is 17.8 Å². The van der Waals surface area contributed by atoms with E-state index in [1.807, 2.05) is 45.9 Å². The molecule has 0 aliphatic carbocycles. The lowest BCUT2D eigenvalue weighted by atomic mass is 10.1. The Morgan fingerprint density at radius 3 is 2.27 bits per heavy atom. The zero-order chi connectivity index (χ0) is 24.5. The number of nitrogens with zero attached hydrogens (tertiary/aromatic N) is 3. The molecule has 2 N–H and O–H groups in total. The number of hydrogen-bond acceptors (Lipinski definition) is 5. The summed E-state index contributed by atoms with van der Waals surface area (Å²) in [6.07, 6.45) is 3.78. The molecule has 33 heavy (non-hydrogen) atoms. The lowest BCUT2D eigenvalue weighted by molar-refractivity contribution is -0.122. The minimum Gasteiger partial charge on any atom is -0.507 e. The van der Waals surface area contributed by atoms with Crippen LogP contribution in [0.1, 0.15) is 44.4 Å². The average Bonchev–Trinajstić information content (AvgIpc) is 2.86. The highest BCUT2D eigenvalue weighted by Crippen LogP contribution is 2.21. The first-order valence-corrected chi connectivity index (χ1v) is 11.9. The van der Waals surface area contributed by atoms with E-state index < -0.39 is 0 Å². The van der Waals surface area contributed by atoms with Crippen molar-refractivity contribution in [2.75, 3.05) is 32.7 Å². The molecule has 1 heterocycles. The number of benzene rings is 2. The number of carbonyl (C=O) groups is 1. The van der Waals surface area contributed by atoms with Gasteiger partial charge < -0.3 is 5.11 Å². The van der Waals surface area contributed by atoms with Gasteiger partial charge >= 0.3 is 0 Å². The number of carbonyl (C=O) groups excluding carboxylic acids is 1. The Morgan fingerprint density at radius 1 is 1.00 bits per heavy atom. The average molecular weight is 453 g/mol. The first-order valence-electron chi connectivity index (χ1n) is 11.9. The van der Waals surface area contributed by atoms with Gasteiger partial charge in [-0.3, -0.25) is 14.6 Å². The molecule has 3 rings (SSSR count). The zero-order valence-corrected chi connectivity index (χ0v) is 20.6. The van der Waals surface area contributed by atoms with E-state index in [0.29, 0.717) is 18.5 Å². The van der Waals surface area contributed by atoms with E-state index in [1.165, 1.54) is 11.8 Å². The van der Waals surface area contributed by atoms with Gasteiger partial charge in [-0.25, -0.2) is 5.43 Å². The number of amides is 1. The number of allylic oxidation sites excluding steroid dienone is 1. The largest absolute Gasteiger partial charge is 0.507 e. The molecule has 0 aromatic heterocycles. The number of piperazine rings is 1. The van der Waals surface area contributed by atoms with E-state index in [4.69, 9.17) is 0 Å². The highest BCUT2D eigenvalue weighted by molar-refractivity contribution is 5.86. The first-order chi connectivity index (χ1) is 16.2. The lowest BCUT2D eigenvalue weighted by Crippen LogP contribution is -2.48. The first kappa shape index (κ1) is 28.1. The van der Waals surface area contributed by atoms with Crippen molar-refractivity contribution >= 4 is 12.1 Å². The van der Waals surface area contributed by atoms with Crippen molar-refractivity contribution in [3.05, 3.63) is 77.9 Å². The van der Waals surface area contributed by atoms with Crippen LogP contribution < -0.4 is 5.43 Å². The summed E-state index contributed by atoms with van der Waals surface area (Å²) in [5, 5.41) is 14.2. The molecule has 0 bridgehead atoms. The van der Waals surface area contributed by atoms with Gasteiger partial charge in [0.1, 0.15) is 5.75 Å². The summed E-state index contributed by atoms with van der Waals surface area (Å²) in [4.78, 5) is 16.7. The molecular weight excluding hydrogens is 412 g/mol. The molecule has 1 aliphatic heterocycles. The summed E-state index contributed by atoms with van der Waals surface area (Å²) >= 11 is 0. The molecule has 180 valence electrons. The van der Waals surface area contributed by atoms with E-state index in [2.05, 4.69) is 51.2 Å². The van der Waals surface area contributed by atoms with Crippen LogP contribution in [0.2, 0.25) is 0 Å². The predicted octanol–water partition coefficient (Wildman–Crippen LogP) is 4.44. The fraction of sp³-hybridized carbons (Fsp3) is 0.407. The third-order valence-corrected chi connectivity index (χ3v) is 4.99. The van der Waals surface area contributed by atoms with Crippen LogP contribution in [0.4, 0.5) is 0 Å². The van der Waals surface area contributed by atoms with Crippen molar-refractivity contribution in [1.82, 2.24) is 15.2 Å². The maximum absolute atomic E-state index is 12.2. The standard InChI is InChI=1S/C23H28N4O2.2C2H6/c1-2-7-20-10-6-11-21(23(20)29)16-24-25-22(28)18-27-14-12-26(13-15-27)17-19-8-4-3-5-9-19;2*1-2/h2-6,8-11,16,29H,1,7,12-15,17-18H2,(H,25,28);2*1-2H3/b24-16+;;. The highest BCUT2D eigenvalue weighted by Gasteiger charge is 2.18. The molecule has 2 aromatic carbocycles. The monoisotopic (exact) mass is 452 g/mol. The number of nitrogens with one attached hydrogen (secondary N) is 1. The fourth-order valence-corrected chi connectivity index (χ4v) is 3.39. The molecule has 1 saturated heterocycles. The summed E-state index contributed by atoms with van der Waals surface area (Å²) in [5.74, 6) is 0.0134. The molecular formula is C27H40N4O2. The summed E-state index contributed by atoms with van der Waals surface area (Å²) in [5.41, 5.74) is 5.22. The summed E-state index contributed by atoms with van der Waals surface area (Å²) < 4.78 is 0. The van der Waals surface area contributed by atoms with Gasteiger partial charge in [-0.2, -0.15) is 5.10 Å². The SMILES string of the molecule is C=CCc1cccc(/C=N/NC(=O)CN2CCN(Cc3ccccc3)CC2)c1O.CC.CC. The Morgan fingerprint density at radius 2 is 1.64 bits per heavy atom. The summed E-state index contributed by atoms with van der Waals surface area (Å²) in [7, 11) is 0. The topological polar surface area (TPSA) is 68.2 Å².